The predicted octanol–water partition coefficient (Wildman–Crippen LogP) is 0.494. The van der Waals surface area contributed by atoms with Gasteiger partial charge in [-0.05, 0) is 12.5 Å². The van der Waals surface area contributed by atoms with E-state index in [1.807, 2.05) is 48.0 Å². The Kier molecular flexibility index (Phi) is 4.68. The molecule has 7 nitrogen and oxygen atoms in total. The van der Waals surface area contributed by atoms with Gasteiger partial charge in [0.25, 0.3) is 0 Å². The number of benzene rings is 1. The number of rotatable bonds is 4. The molecule has 1 aromatic carbocycles. The van der Waals surface area contributed by atoms with Crippen LogP contribution in [-0.4, -0.2) is 49.3 Å². The molecule has 0 fully saturated rings. The van der Waals surface area contributed by atoms with Gasteiger partial charge in [0.1, 0.15) is 12.4 Å². The summed E-state index contributed by atoms with van der Waals surface area (Å²) in [4.78, 5) is 26.2. The molecular weight excluding hydrogens is 296 g/mol. The Morgan fingerprint density at radius 3 is 2.87 bits per heavy atom. The van der Waals surface area contributed by atoms with E-state index in [0.29, 0.717) is 26.6 Å². The van der Waals surface area contributed by atoms with Gasteiger partial charge in [-0.2, -0.15) is 0 Å². The fourth-order valence-corrected chi connectivity index (χ4v) is 2.60. The van der Waals surface area contributed by atoms with Crippen LogP contribution < -0.4 is 10.6 Å². The molecule has 0 unspecified atom stereocenters. The molecule has 7 heteroatoms. The van der Waals surface area contributed by atoms with Crippen molar-refractivity contribution < 1.29 is 14.6 Å². The highest BCUT2D eigenvalue weighted by atomic mass is 17.2. The molecule has 0 aromatic heterocycles. The predicted molar refractivity (Wildman–Crippen MR) is 84.4 cm³/mol. The molecule has 2 heterocycles. The molecule has 0 atom stereocenters. The van der Waals surface area contributed by atoms with Crippen molar-refractivity contribution in [1.82, 2.24) is 20.4 Å². The summed E-state index contributed by atoms with van der Waals surface area (Å²) >= 11 is 0. The Morgan fingerprint density at radius 1 is 1.30 bits per heavy atom. The van der Waals surface area contributed by atoms with Crippen LogP contribution in [0.4, 0.5) is 0 Å². The van der Waals surface area contributed by atoms with Gasteiger partial charge in [-0.15, -0.1) is 0 Å². The minimum atomic E-state index is -0.0195. The normalized spacial score (nSPS) is 17.7. The highest BCUT2D eigenvalue weighted by Crippen LogP contribution is 2.20. The van der Waals surface area contributed by atoms with Gasteiger partial charge in [0.2, 0.25) is 5.91 Å². The Hall–Kier alpha value is -2.25. The Morgan fingerprint density at radius 2 is 2.09 bits per heavy atom. The third-order valence-electron chi connectivity index (χ3n) is 3.94. The lowest BCUT2D eigenvalue weighted by Crippen LogP contribution is -2.37. The first-order valence-electron chi connectivity index (χ1n) is 7.63. The van der Waals surface area contributed by atoms with Crippen molar-refractivity contribution in [1.29, 1.82) is 0 Å². The molecule has 0 saturated heterocycles. The van der Waals surface area contributed by atoms with Crippen LogP contribution in [0.1, 0.15) is 11.1 Å². The van der Waals surface area contributed by atoms with Crippen LogP contribution in [0.3, 0.4) is 0 Å². The van der Waals surface area contributed by atoms with E-state index < -0.39 is 0 Å². The van der Waals surface area contributed by atoms with Gasteiger partial charge in [0.05, 0.1) is 18.9 Å². The van der Waals surface area contributed by atoms with Crippen LogP contribution in [-0.2, 0) is 21.1 Å². The van der Waals surface area contributed by atoms with E-state index in [1.165, 1.54) is 5.56 Å². The summed E-state index contributed by atoms with van der Waals surface area (Å²) in [5, 5.41) is 6.23. The van der Waals surface area contributed by atoms with Crippen molar-refractivity contribution in [3.05, 3.63) is 46.9 Å². The summed E-state index contributed by atoms with van der Waals surface area (Å²) in [6.45, 7) is 4.15. The molecule has 2 aliphatic rings. The zero-order chi connectivity index (χ0) is 16.2. The van der Waals surface area contributed by atoms with E-state index >= 15 is 0 Å². The van der Waals surface area contributed by atoms with Gasteiger partial charge in [-0.3, -0.25) is 4.79 Å². The van der Waals surface area contributed by atoms with Gasteiger partial charge < -0.3 is 20.4 Å². The summed E-state index contributed by atoms with van der Waals surface area (Å²) in [5.74, 6) is 0.933. The first-order chi connectivity index (χ1) is 11.1. The maximum Gasteiger partial charge on any atom is 0.239 e. The molecule has 3 rings (SSSR count). The first kappa shape index (κ1) is 15.6. The van der Waals surface area contributed by atoms with E-state index in [2.05, 4.69) is 10.6 Å². The van der Waals surface area contributed by atoms with Crippen LogP contribution in [0.2, 0.25) is 0 Å². The molecule has 2 N–H and O–H groups in total. The number of carbonyl (C=O) groups is 1. The third kappa shape index (κ3) is 3.75. The van der Waals surface area contributed by atoms with Crippen molar-refractivity contribution in [2.75, 3.05) is 33.6 Å². The van der Waals surface area contributed by atoms with Crippen molar-refractivity contribution in [3.8, 4) is 0 Å². The summed E-state index contributed by atoms with van der Waals surface area (Å²) in [7, 11) is 1.91. The fourth-order valence-electron chi connectivity index (χ4n) is 2.60. The SMILES string of the molecule is Cc1ccc(CNC(=O)CN2CNC3=C2COOCN3C)cc1. The van der Waals surface area contributed by atoms with Crippen molar-refractivity contribution in [2.45, 2.75) is 13.5 Å². The highest BCUT2D eigenvalue weighted by molar-refractivity contribution is 5.78. The van der Waals surface area contributed by atoms with Crippen LogP contribution in [0.25, 0.3) is 0 Å². The Labute approximate surface area is 135 Å². The minimum Gasteiger partial charge on any atom is -0.353 e. The lowest BCUT2D eigenvalue weighted by Gasteiger charge is -2.19. The number of carbonyl (C=O) groups excluding carboxylic acids is 1. The average Bonchev–Trinajstić information content (AvgIpc) is 2.84. The van der Waals surface area contributed by atoms with E-state index in [-0.39, 0.29) is 12.5 Å². The topological polar surface area (TPSA) is 66.1 Å². The largest absolute Gasteiger partial charge is 0.353 e. The van der Waals surface area contributed by atoms with E-state index in [1.54, 1.807) is 0 Å². The molecule has 124 valence electrons. The molecule has 0 spiro atoms. The number of nitrogens with one attached hydrogen (secondary N) is 2. The standard InChI is InChI=1S/C16H22N4O3/c1-12-3-5-13(6-4-12)7-17-15(21)8-20-10-18-16-14(20)9-22-23-11-19(16)2/h3-6,18H,7-11H2,1-2H3,(H,17,21). The molecule has 1 aromatic rings. The van der Waals surface area contributed by atoms with Crippen LogP contribution >= 0.6 is 0 Å². The van der Waals surface area contributed by atoms with Crippen LogP contribution in [0.15, 0.2) is 35.8 Å². The molecule has 2 aliphatic heterocycles. The molecule has 0 aliphatic carbocycles. The van der Waals surface area contributed by atoms with Crippen LogP contribution in [0, 0.1) is 6.92 Å². The molecule has 0 bridgehead atoms. The van der Waals surface area contributed by atoms with Gasteiger partial charge >= 0.3 is 0 Å². The lowest BCUT2D eigenvalue weighted by molar-refractivity contribution is -0.302. The zero-order valence-corrected chi connectivity index (χ0v) is 13.5. The average molecular weight is 318 g/mol. The van der Waals surface area contributed by atoms with Gasteiger partial charge in [0, 0.05) is 13.6 Å². The van der Waals surface area contributed by atoms with Crippen molar-refractivity contribution >= 4 is 5.91 Å². The van der Waals surface area contributed by atoms with Gasteiger partial charge in [-0.1, -0.05) is 29.8 Å². The maximum absolute atomic E-state index is 12.2. The third-order valence-corrected chi connectivity index (χ3v) is 3.94. The summed E-state index contributed by atoms with van der Waals surface area (Å²) in [6.07, 6.45) is 0. The number of amides is 1. The maximum atomic E-state index is 12.2. The van der Waals surface area contributed by atoms with E-state index in [0.717, 1.165) is 17.1 Å². The minimum absolute atomic E-state index is 0.0195. The van der Waals surface area contributed by atoms with E-state index in [9.17, 15) is 4.79 Å². The monoisotopic (exact) mass is 318 g/mol. The van der Waals surface area contributed by atoms with Gasteiger partial charge in [0.15, 0.2) is 6.73 Å². The smallest absolute Gasteiger partial charge is 0.239 e. The summed E-state index contributed by atoms with van der Waals surface area (Å²) in [5.41, 5.74) is 3.24. The molecular formula is C16H22N4O3. The van der Waals surface area contributed by atoms with E-state index in [4.69, 9.17) is 9.78 Å². The first-order valence-corrected chi connectivity index (χ1v) is 7.63. The second-order valence-corrected chi connectivity index (χ2v) is 5.80. The highest BCUT2D eigenvalue weighted by Gasteiger charge is 2.28. The number of hydrogen-bond donors (Lipinski definition) is 2. The molecule has 23 heavy (non-hydrogen) atoms. The number of hydrogen-bond acceptors (Lipinski definition) is 6. The Balaban J connectivity index is 1.54. The Bertz CT molecular complexity index is 600. The van der Waals surface area contributed by atoms with Crippen molar-refractivity contribution in [2.24, 2.45) is 0 Å². The summed E-state index contributed by atoms with van der Waals surface area (Å²) in [6, 6.07) is 8.14. The lowest BCUT2D eigenvalue weighted by atomic mass is 10.1. The number of nitrogens with zero attached hydrogens (tertiary/aromatic N) is 2. The number of aryl methyl sites for hydroxylation is 1. The summed E-state index contributed by atoms with van der Waals surface area (Å²) < 4.78 is 0. The molecule has 1 amide bonds. The van der Waals surface area contributed by atoms with Crippen molar-refractivity contribution in [3.63, 3.8) is 0 Å². The molecule has 0 radical (unpaired) electrons. The molecule has 0 saturated carbocycles. The second kappa shape index (κ2) is 6.89. The van der Waals surface area contributed by atoms with Gasteiger partial charge in [-0.25, -0.2) is 9.78 Å². The quantitative estimate of drug-likeness (QED) is 0.788. The van der Waals surface area contributed by atoms with Crippen LogP contribution in [0.5, 0.6) is 0 Å². The zero-order valence-electron chi connectivity index (χ0n) is 13.5. The fraction of sp³-hybridized carbons (Fsp3) is 0.438. The second-order valence-electron chi connectivity index (χ2n) is 5.80.